The quantitative estimate of drug-likeness (QED) is 0.378. The molecule has 0 aromatic rings. The predicted molar refractivity (Wildman–Crippen MR) is 63.0 cm³/mol. The number of thiol groups is 1. The molecule has 0 rings (SSSR count). The molecule has 2 atom stereocenters. The van der Waals surface area contributed by atoms with Crippen LogP contribution in [-0.4, -0.2) is 43.0 Å². The summed E-state index contributed by atoms with van der Waals surface area (Å²) in [6, 6.07) is -0.618. The summed E-state index contributed by atoms with van der Waals surface area (Å²) < 4.78 is 13.7. The first kappa shape index (κ1) is 15.2. The monoisotopic (exact) mass is 251 g/mol. The second kappa shape index (κ2) is 6.70. The number of carbonyl (C=O) groups excluding carboxylic acids is 2. The summed E-state index contributed by atoms with van der Waals surface area (Å²) in [5.74, 6) is -3.67. The number of nitrogens with one attached hydrogen (secondary N) is 3. The SMILES string of the molecule is CCN[C@@H](CS)C(=O)N[C@](C)(F)C(=O)NC. The Kier molecular flexibility index (Phi) is 6.35. The molecule has 2 amide bonds. The minimum atomic E-state index is -2.41. The molecule has 16 heavy (non-hydrogen) atoms. The number of halogens is 1. The molecule has 0 saturated heterocycles. The first-order valence-electron chi connectivity index (χ1n) is 4.96. The molecule has 0 aliphatic carbocycles. The van der Waals surface area contributed by atoms with Crippen molar-refractivity contribution in [1.82, 2.24) is 16.0 Å². The van der Waals surface area contributed by atoms with Gasteiger partial charge in [-0.05, 0) is 13.5 Å². The van der Waals surface area contributed by atoms with Crippen molar-refractivity contribution in [3.05, 3.63) is 0 Å². The molecule has 0 heterocycles. The molecule has 0 aliphatic rings. The van der Waals surface area contributed by atoms with Crippen molar-refractivity contribution >= 4 is 24.4 Å². The van der Waals surface area contributed by atoms with Crippen LogP contribution in [0.4, 0.5) is 4.39 Å². The van der Waals surface area contributed by atoms with E-state index in [1.807, 2.05) is 12.2 Å². The summed E-state index contributed by atoms with van der Waals surface area (Å²) in [4.78, 5) is 22.7. The normalized spacial score (nSPS) is 16.1. The Morgan fingerprint density at radius 3 is 2.44 bits per heavy atom. The minimum absolute atomic E-state index is 0.226. The number of rotatable bonds is 6. The van der Waals surface area contributed by atoms with E-state index in [0.29, 0.717) is 6.54 Å². The van der Waals surface area contributed by atoms with E-state index in [1.165, 1.54) is 7.05 Å². The van der Waals surface area contributed by atoms with Gasteiger partial charge in [-0.15, -0.1) is 0 Å². The Hall–Kier alpha value is -0.820. The molecule has 0 aromatic heterocycles. The molecular weight excluding hydrogens is 233 g/mol. The first-order valence-corrected chi connectivity index (χ1v) is 5.59. The molecule has 94 valence electrons. The fourth-order valence-corrected chi connectivity index (χ4v) is 1.39. The third-order valence-electron chi connectivity index (χ3n) is 1.96. The Morgan fingerprint density at radius 1 is 1.50 bits per heavy atom. The highest BCUT2D eigenvalue weighted by Crippen LogP contribution is 2.06. The van der Waals surface area contributed by atoms with E-state index < -0.39 is 23.6 Å². The zero-order chi connectivity index (χ0) is 12.8. The molecule has 0 fully saturated rings. The Bertz CT molecular complexity index is 261. The van der Waals surface area contributed by atoms with Gasteiger partial charge >= 0.3 is 0 Å². The molecule has 0 saturated carbocycles. The molecule has 7 heteroatoms. The fraction of sp³-hybridized carbons (Fsp3) is 0.778. The molecule has 0 aliphatic heterocycles. The van der Waals surface area contributed by atoms with Crippen molar-refractivity contribution < 1.29 is 14.0 Å². The third kappa shape index (κ3) is 4.36. The van der Waals surface area contributed by atoms with Gasteiger partial charge in [-0.2, -0.15) is 12.6 Å². The van der Waals surface area contributed by atoms with Crippen molar-refractivity contribution in [2.75, 3.05) is 19.3 Å². The van der Waals surface area contributed by atoms with Gasteiger partial charge in [0, 0.05) is 12.8 Å². The van der Waals surface area contributed by atoms with Crippen LogP contribution in [0.1, 0.15) is 13.8 Å². The summed E-state index contributed by atoms with van der Waals surface area (Å²) in [7, 11) is 1.30. The standard InChI is InChI=1S/C9H18FN3O2S/c1-4-12-6(5-16)7(14)13-9(2,10)8(15)11-3/h6,12,16H,4-5H2,1-3H3,(H,11,15)(H,13,14)/t6-,9-/m0/s1. The van der Waals surface area contributed by atoms with E-state index in [2.05, 4.69) is 23.3 Å². The van der Waals surface area contributed by atoms with Crippen LogP contribution in [0.5, 0.6) is 0 Å². The van der Waals surface area contributed by atoms with Crippen molar-refractivity contribution in [1.29, 1.82) is 0 Å². The van der Waals surface area contributed by atoms with Crippen LogP contribution >= 0.6 is 12.6 Å². The van der Waals surface area contributed by atoms with E-state index in [1.54, 1.807) is 0 Å². The van der Waals surface area contributed by atoms with Crippen molar-refractivity contribution in [3.8, 4) is 0 Å². The van der Waals surface area contributed by atoms with Crippen molar-refractivity contribution in [2.24, 2.45) is 0 Å². The molecular formula is C9H18FN3O2S. The van der Waals surface area contributed by atoms with Crippen LogP contribution in [0.3, 0.4) is 0 Å². The second-order valence-electron chi connectivity index (χ2n) is 3.36. The van der Waals surface area contributed by atoms with Crippen LogP contribution in [0, 0.1) is 0 Å². The van der Waals surface area contributed by atoms with Gasteiger partial charge in [-0.1, -0.05) is 6.92 Å². The number of carbonyl (C=O) groups is 2. The lowest BCUT2D eigenvalue weighted by Gasteiger charge is -2.23. The van der Waals surface area contributed by atoms with E-state index in [0.717, 1.165) is 6.92 Å². The zero-order valence-corrected chi connectivity index (χ0v) is 10.5. The van der Waals surface area contributed by atoms with Gasteiger partial charge in [0.25, 0.3) is 11.7 Å². The lowest BCUT2D eigenvalue weighted by Crippen LogP contribution is -2.57. The van der Waals surface area contributed by atoms with Crippen LogP contribution < -0.4 is 16.0 Å². The van der Waals surface area contributed by atoms with Crippen LogP contribution in [0.15, 0.2) is 0 Å². The first-order chi connectivity index (χ1) is 7.38. The number of alkyl halides is 1. The average molecular weight is 251 g/mol. The molecule has 0 bridgehead atoms. The van der Waals surface area contributed by atoms with E-state index >= 15 is 0 Å². The number of hydrogen-bond acceptors (Lipinski definition) is 4. The summed E-state index contributed by atoms with van der Waals surface area (Å²) in [5.41, 5.74) is 0. The van der Waals surface area contributed by atoms with Crippen LogP contribution in [-0.2, 0) is 9.59 Å². The largest absolute Gasteiger partial charge is 0.355 e. The molecule has 3 N–H and O–H groups in total. The smallest absolute Gasteiger partial charge is 0.278 e. The van der Waals surface area contributed by atoms with Gasteiger partial charge in [0.15, 0.2) is 0 Å². The summed E-state index contributed by atoms with van der Waals surface area (Å²) in [6.45, 7) is 3.37. The maximum absolute atomic E-state index is 13.7. The number of likely N-dealkylation sites (N-methyl/N-ethyl adjacent to an activating group) is 2. The highest BCUT2D eigenvalue weighted by atomic mass is 32.1. The summed E-state index contributed by atoms with van der Waals surface area (Å²) in [6.07, 6.45) is 0. The predicted octanol–water partition coefficient (Wildman–Crippen LogP) is -0.558. The lowest BCUT2D eigenvalue weighted by molar-refractivity contribution is -0.140. The Morgan fingerprint density at radius 2 is 2.06 bits per heavy atom. The summed E-state index contributed by atoms with van der Waals surface area (Å²) in [5, 5.41) is 6.97. The van der Waals surface area contributed by atoms with Gasteiger partial charge in [-0.3, -0.25) is 9.59 Å². The van der Waals surface area contributed by atoms with Crippen molar-refractivity contribution in [3.63, 3.8) is 0 Å². The molecule has 0 unspecified atom stereocenters. The molecule has 5 nitrogen and oxygen atoms in total. The maximum Gasteiger partial charge on any atom is 0.278 e. The van der Waals surface area contributed by atoms with E-state index in [-0.39, 0.29) is 5.75 Å². The second-order valence-corrected chi connectivity index (χ2v) is 3.73. The Labute approximate surface area is 100.0 Å². The maximum atomic E-state index is 13.7. The van der Waals surface area contributed by atoms with Crippen LogP contribution in [0.2, 0.25) is 0 Å². The van der Waals surface area contributed by atoms with Gasteiger partial charge < -0.3 is 16.0 Å². The highest BCUT2D eigenvalue weighted by molar-refractivity contribution is 7.80. The van der Waals surface area contributed by atoms with Gasteiger partial charge in [0.05, 0.1) is 6.04 Å². The number of hydrogen-bond donors (Lipinski definition) is 4. The van der Waals surface area contributed by atoms with Crippen LogP contribution in [0.25, 0.3) is 0 Å². The Balaban J connectivity index is 4.47. The van der Waals surface area contributed by atoms with Gasteiger partial charge in [-0.25, -0.2) is 4.39 Å². The average Bonchev–Trinajstić information content (AvgIpc) is 2.23. The third-order valence-corrected chi connectivity index (χ3v) is 2.33. The van der Waals surface area contributed by atoms with Gasteiger partial charge in [0.1, 0.15) is 0 Å². The molecule has 0 radical (unpaired) electrons. The topological polar surface area (TPSA) is 70.2 Å². The van der Waals surface area contributed by atoms with E-state index in [9.17, 15) is 14.0 Å². The lowest BCUT2D eigenvalue weighted by atomic mass is 10.2. The zero-order valence-electron chi connectivity index (χ0n) is 9.63. The van der Waals surface area contributed by atoms with Gasteiger partial charge in [0.2, 0.25) is 5.91 Å². The number of amides is 2. The fourth-order valence-electron chi connectivity index (χ4n) is 1.10. The van der Waals surface area contributed by atoms with Crippen molar-refractivity contribution in [2.45, 2.75) is 25.7 Å². The molecule has 0 aromatic carbocycles. The highest BCUT2D eigenvalue weighted by Gasteiger charge is 2.35. The molecule has 0 spiro atoms. The minimum Gasteiger partial charge on any atom is -0.355 e. The summed E-state index contributed by atoms with van der Waals surface area (Å²) >= 11 is 3.97. The van der Waals surface area contributed by atoms with E-state index in [4.69, 9.17) is 0 Å².